The van der Waals surface area contributed by atoms with Gasteiger partial charge in [0.05, 0.1) is 6.61 Å². The lowest BCUT2D eigenvalue weighted by atomic mass is 10.2. The van der Waals surface area contributed by atoms with Crippen molar-refractivity contribution in [3.63, 3.8) is 0 Å². The Bertz CT molecular complexity index is 1090. The highest BCUT2D eigenvalue weighted by molar-refractivity contribution is 5.91. The van der Waals surface area contributed by atoms with Crippen molar-refractivity contribution >= 4 is 11.6 Å². The van der Waals surface area contributed by atoms with Gasteiger partial charge in [-0.15, -0.1) is 0 Å². The monoisotopic (exact) mass is 464 g/mol. The van der Waals surface area contributed by atoms with Crippen LogP contribution in [0.4, 0.5) is 5.69 Å². The molecule has 34 heavy (non-hydrogen) atoms. The fraction of sp³-hybridized carbons (Fsp3) is 0.269. The number of hydrogen-bond donors (Lipinski definition) is 2. The number of anilines is 1. The Balaban J connectivity index is 1.22. The lowest BCUT2D eigenvalue weighted by Gasteiger charge is -2.14. The molecule has 0 saturated heterocycles. The fourth-order valence-corrected chi connectivity index (χ4v) is 3.35. The molecule has 1 aliphatic rings. The molecule has 1 amide bonds. The van der Waals surface area contributed by atoms with Crippen molar-refractivity contribution in [2.45, 2.75) is 13.5 Å². The molecule has 0 saturated carbocycles. The van der Waals surface area contributed by atoms with Gasteiger partial charge < -0.3 is 34.3 Å². The molecule has 0 bridgehead atoms. The molecule has 0 aromatic heterocycles. The number of hydrogen-bond acceptors (Lipinski definition) is 7. The summed E-state index contributed by atoms with van der Waals surface area (Å²) in [4.78, 5) is 12.2. The van der Waals surface area contributed by atoms with Gasteiger partial charge in [-0.05, 0) is 48.9 Å². The predicted octanol–water partition coefficient (Wildman–Crippen LogP) is 4.00. The molecule has 0 atom stereocenters. The van der Waals surface area contributed by atoms with Gasteiger partial charge in [0.2, 0.25) is 6.79 Å². The second-order valence-corrected chi connectivity index (χ2v) is 7.46. The second-order valence-electron chi connectivity index (χ2n) is 7.46. The van der Waals surface area contributed by atoms with E-state index in [9.17, 15) is 4.79 Å². The van der Waals surface area contributed by atoms with Crippen LogP contribution in [-0.4, -0.2) is 39.1 Å². The zero-order valence-electron chi connectivity index (χ0n) is 19.0. The first kappa shape index (κ1) is 23.3. The average Bonchev–Trinajstić information content (AvgIpc) is 3.32. The maximum Gasteiger partial charge on any atom is 0.262 e. The summed E-state index contributed by atoms with van der Waals surface area (Å²) in [6, 6.07) is 20.5. The van der Waals surface area contributed by atoms with Gasteiger partial charge in [-0.1, -0.05) is 24.3 Å². The zero-order valence-corrected chi connectivity index (χ0v) is 19.0. The van der Waals surface area contributed by atoms with Crippen LogP contribution in [0.2, 0.25) is 0 Å². The summed E-state index contributed by atoms with van der Waals surface area (Å²) in [5.41, 5.74) is 1.76. The average molecular weight is 465 g/mol. The van der Waals surface area contributed by atoms with Gasteiger partial charge in [0, 0.05) is 24.8 Å². The first-order valence-corrected chi connectivity index (χ1v) is 11.2. The third-order valence-electron chi connectivity index (χ3n) is 4.95. The van der Waals surface area contributed by atoms with Crippen LogP contribution in [0, 0.1) is 0 Å². The van der Waals surface area contributed by atoms with Crippen molar-refractivity contribution < 1.29 is 28.5 Å². The molecule has 0 spiro atoms. The summed E-state index contributed by atoms with van der Waals surface area (Å²) in [7, 11) is 0. The van der Waals surface area contributed by atoms with Crippen LogP contribution in [-0.2, 0) is 11.3 Å². The molecular weight excluding hydrogens is 436 g/mol. The molecule has 3 aromatic carbocycles. The maximum absolute atomic E-state index is 12.2. The highest BCUT2D eigenvalue weighted by atomic mass is 16.7. The Hall–Kier alpha value is -3.91. The molecule has 2 N–H and O–H groups in total. The summed E-state index contributed by atoms with van der Waals surface area (Å²) in [6.07, 6.45) is 0. The van der Waals surface area contributed by atoms with E-state index in [0.29, 0.717) is 43.6 Å². The highest BCUT2D eigenvalue weighted by Crippen LogP contribution is 2.35. The number of carbonyl (C=O) groups excluding carboxylic acids is 1. The molecule has 0 fully saturated rings. The minimum atomic E-state index is -0.234. The van der Waals surface area contributed by atoms with Crippen LogP contribution in [0.3, 0.4) is 0 Å². The van der Waals surface area contributed by atoms with Crippen molar-refractivity contribution in [3.05, 3.63) is 72.3 Å². The van der Waals surface area contributed by atoms with E-state index in [4.69, 9.17) is 23.7 Å². The fourth-order valence-electron chi connectivity index (χ4n) is 3.35. The quantitative estimate of drug-likeness (QED) is 0.392. The van der Waals surface area contributed by atoms with Crippen LogP contribution in [0.25, 0.3) is 0 Å². The third kappa shape index (κ3) is 6.55. The second kappa shape index (κ2) is 11.8. The Labute approximate surface area is 198 Å². The van der Waals surface area contributed by atoms with Crippen molar-refractivity contribution in [1.29, 1.82) is 0 Å². The van der Waals surface area contributed by atoms with Gasteiger partial charge in [0.1, 0.15) is 12.4 Å². The highest BCUT2D eigenvalue weighted by Gasteiger charge is 2.13. The van der Waals surface area contributed by atoms with Crippen LogP contribution < -0.4 is 34.3 Å². The number of carbonyl (C=O) groups is 1. The van der Waals surface area contributed by atoms with E-state index >= 15 is 0 Å². The lowest BCUT2D eigenvalue weighted by molar-refractivity contribution is -0.118. The number of fused-ring (bicyclic) bond motifs is 1. The summed E-state index contributed by atoms with van der Waals surface area (Å²) in [6.45, 7) is 4.35. The number of amides is 1. The van der Waals surface area contributed by atoms with Crippen LogP contribution in [0.15, 0.2) is 66.7 Å². The van der Waals surface area contributed by atoms with E-state index < -0.39 is 0 Å². The Morgan fingerprint density at radius 3 is 2.62 bits per heavy atom. The van der Waals surface area contributed by atoms with Crippen LogP contribution in [0.1, 0.15) is 12.5 Å². The van der Waals surface area contributed by atoms with Crippen molar-refractivity contribution in [2.24, 2.45) is 0 Å². The largest absolute Gasteiger partial charge is 0.492 e. The summed E-state index contributed by atoms with van der Waals surface area (Å²) in [5, 5.41) is 6.15. The Kier molecular flexibility index (Phi) is 8.08. The number of benzene rings is 3. The predicted molar refractivity (Wildman–Crippen MR) is 128 cm³/mol. The molecule has 0 unspecified atom stereocenters. The van der Waals surface area contributed by atoms with E-state index in [1.807, 2.05) is 73.7 Å². The van der Waals surface area contributed by atoms with Crippen LogP contribution in [0.5, 0.6) is 28.7 Å². The van der Waals surface area contributed by atoms with Crippen molar-refractivity contribution in [2.75, 3.05) is 38.5 Å². The molecule has 8 heteroatoms. The maximum atomic E-state index is 12.2. The van der Waals surface area contributed by atoms with Gasteiger partial charge in [0.25, 0.3) is 5.91 Å². The standard InChI is InChI=1S/C26H28N2O6/c1-2-30-24-14-19(8-10-22(24)32-17-26(29)28-20-6-4-3-5-7-20)16-27-12-13-31-21-9-11-23-25(15-21)34-18-33-23/h3-11,14-15,27H,2,12-13,16-18H2,1H3,(H,28,29). The number of nitrogens with one attached hydrogen (secondary N) is 2. The number of ether oxygens (including phenoxy) is 5. The third-order valence-corrected chi connectivity index (χ3v) is 4.95. The van der Waals surface area contributed by atoms with Gasteiger partial charge in [-0.25, -0.2) is 0 Å². The van der Waals surface area contributed by atoms with Crippen molar-refractivity contribution in [1.82, 2.24) is 5.32 Å². The number of para-hydroxylation sites is 1. The van der Waals surface area contributed by atoms with E-state index in [-0.39, 0.29) is 19.3 Å². The molecule has 178 valence electrons. The van der Waals surface area contributed by atoms with E-state index in [2.05, 4.69) is 10.6 Å². The normalized spacial score (nSPS) is 11.7. The summed E-state index contributed by atoms with van der Waals surface area (Å²) < 4.78 is 27.9. The smallest absolute Gasteiger partial charge is 0.262 e. The van der Waals surface area contributed by atoms with E-state index in [0.717, 1.165) is 22.7 Å². The Morgan fingerprint density at radius 2 is 1.76 bits per heavy atom. The lowest BCUT2D eigenvalue weighted by Crippen LogP contribution is -2.21. The summed E-state index contributed by atoms with van der Waals surface area (Å²) in [5.74, 6) is 3.07. The molecule has 1 aliphatic heterocycles. The number of rotatable bonds is 12. The molecule has 4 rings (SSSR count). The molecule has 3 aromatic rings. The van der Waals surface area contributed by atoms with Gasteiger partial charge in [-0.3, -0.25) is 4.79 Å². The summed E-state index contributed by atoms with van der Waals surface area (Å²) >= 11 is 0. The minimum Gasteiger partial charge on any atom is -0.492 e. The molecule has 0 radical (unpaired) electrons. The molecule has 1 heterocycles. The van der Waals surface area contributed by atoms with E-state index in [1.54, 1.807) is 0 Å². The topological polar surface area (TPSA) is 87.3 Å². The molecular formula is C26H28N2O6. The first-order chi connectivity index (χ1) is 16.7. The van der Waals surface area contributed by atoms with Gasteiger partial charge >= 0.3 is 0 Å². The van der Waals surface area contributed by atoms with Gasteiger partial charge in [0.15, 0.2) is 29.6 Å². The first-order valence-electron chi connectivity index (χ1n) is 11.2. The zero-order chi connectivity index (χ0) is 23.6. The Morgan fingerprint density at radius 1 is 0.912 bits per heavy atom. The SMILES string of the molecule is CCOc1cc(CNCCOc2ccc3c(c2)OCO3)ccc1OCC(=O)Nc1ccccc1. The van der Waals surface area contributed by atoms with Gasteiger partial charge in [-0.2, -0.15) is 0 Å². The van der Waals surface area contributed by atoms with E-state index in [1.165, 1.54) is 0 Å². The van der Waals surface area contributed by atoms with Crippen molar-refractivity contribution in [3.8, 4) is 28.7 Å². The molecule has 0 aliphatic carbocycles. The minimum absolute atomic E-state index is 0.107. The van der Waals surface area contributed by atoms with Crippen LogP contribution >= 0.6 is 0 Å². The molecule has 8 nitrogen and oxygen atoms in total.